The van der Waals surface area contributed by atoms with Crippen LogP contribution >= 0.6 is 0 Å². The Hall–Kier alpha value is -1.96. The summed E-state index contributed by atoms with van der Waals surface area (Å²) >= 11 is 0. The van der Waals surface area contributed by atoms with Crippen LogP contribution in [0, 0.1) is 17.8 Å². The van der Waals surface area contributed by atoms with Gasteiger partial charge in [0.05, 0.1) is 13.2 Å². The third-order valence-electron chi connectivity index (χ3n) is 5.28. The number of carbonyl (C=O) groups excluding carboxylic acids is 4. The topological polar surface area (TPSA) is 114 Å². The molecule has 0 saturated heterocycles. The Kier molecular flexibility index (Phi) is 12.3. The van der Waals surface area contributed by atoms with E-state index >= 15 is 0 Å². The summed E-state index contributed by atoms with van der Waals surface area (Å²) in [5.41, 5.74) is 0. The van der Waals surface area contributed by atoms with E-state index in [4.69, 9.17) is 4.74 Å². The van der Waals surface area contributed by atoms with E-state index in [1.807, 2.05) is 13.8 Å². The van der Waals surface area contributed by atoms with Crippen LogP contribution in [0.5, 0.6) is 0 Å². The van der Waals surface area contributed by atoms with Crippen molar-refractivity contribution in [1.82, 2.24) is 16.0 Å². The number of hydrogen-bond donors (Lipinski definition) is 3. The predicted molar refractivity (Wildman–Crippen MR) is 121 cm³/mol. The summed E-state index contributed by atoms with van der Waals surface area (Å²) in [4.78, 5) is 47.1. The molecule has 0 spiro atoms. The van der Waals surface area contributed by atoms with Gasteiger partial charge in [0.15, 0.2) is 0 Å². The second kappa shape index (κ2) is 14.1. The van der Waals surface area contributed by atoms with Crippen molar-refractivity contribution in [2.75, 3.05) is 26.3 Å². The summed E-state index contributed by atoms with van der Waals surface area (Å²) < 4.78 is 5.40. The summed E-state index contributed by atoms with van der Waals surface area (Å²) in [5.74, 6) is 0.201. The maximum Gasteiger partial charge on any atom is 0.222 e. The molecule has 0 radical (unpaired) electrons. The van der Waals surface area contributed by atoms with Gasteiger partial charge in [-0.25, -0.2) is 0 Å². The first-order valence-electron chi connectivity index (χ1n) is 11.2. The van der Waals surface area contributed by atoms with Crippen LogP contribution in [0.25, 0.3) is 0 Å². The molecule has 0 aromatic heterocycles. The van der Waals surface area contributed by atoms with Gasteiger partial charge in [0.1, 0.15) is 5.78 Å². The van der Waals surface area contributed by atoms with Crippen molar-refractivity contribution < 1.29 is 28.2 Å². The molecule has 0 unspecified atom stereocenters. The average Bonchev–Trinajstić information content (AvgIpc) is 2.70. The van der Waals surface area contributed by atoms with Crippen molar-refractivity contribution in [3.63, 3.8) is 0 Å². The molecular formula is C22H45N3O5. The maximum atomic E-state index is 12.1. The maximum absolute atomic E-state index is 12.1. The highest BCUT2D eigenvalue weighted by Gasteiger charge is 2.28. The Balaban J connectivity index is -0.00000300. The average molecular weight is 432 g/mol. The normalized spacial score (nSPS) is 18.9. The Labute approximate surface area is 184 Å². The van der Waals surface area contributed by atoms with Gasteiger partial charge >= 0.3 is 0 Å². The second-order valence-corrected chi connectivity index (χ2v) is 8.58. The molecule has 30 heavy (non-hydrogen) atoms. The lowest BCUT2D eigenvalue weighted by molar-refractivity contribution is -0.127. The van der Waals surface area contributed by atoms with Crippen molar-refractivity contribution in [3.8, 4) is 0 Å². The highest BCUT2D eigenvalue weighted by Crippen LogP contribution is 2.27. The van der Waals surface area contributed by atoms with Gasteiger partial charge in [-0.3, -0.25) is 19.2 Å². The van der Waals surface area contributed by atoms with E-state index in [0.717, 1.165) is 25.7 Å². The van der Waals surface area contributed by atoms with Gasteiger partial charge in [-0.2, -0.15) is 0 Å². The minimum Gasteiger partial charge on any atom is -0.379 e. The zero-order valence-electron chi connectivity index (χ0n) is 18.9. The van der Waals surface area contributed by atoms with Crippen LogP contribution in [0.3, 0.4) is 0 Å². The number of hydrogen-bond acceptors (Lipinski definition) is 5. The molecule has 0 aliphatic heterocycles. The number of Topliss-reactive ketones (excluding diaryl/α,β-unsaturated/α-hetero) is 1. The van der Waals surface area contributed by atoms with Gasteiger partial charge < -0.3 is 20.7 Å². The van der Waals surface area contributed by atoms with E-state index in [2.05, 4.69) is 16.0 Å². The highest BCUT2D eigenvalue weighted by atomic mass is 16.5. The highest BCUT2D eigenvalue weighted by molar-refractivity contribution is 5.83. The standard InChI is InChI=1S/C22H39N3O5.3H2/c1-15(2)21(28)17-5-7-18(8-6-17)25-20(27)10-13-30-14-12-23-19(26)9-11-24-22(29)16(3)4;;;/h15-18H,5-14H2,1-4H3,(H,23,26)(H,24,29)(H,25,27);3*1H. The summed E-state index contributed by atoms with van der Waals surface area (Å²) in [5, 5.41) is 8.43. The van der Waals surface area contributed by atoms with E-state index in [1.165, 1.54) is 0 Å². The molecule has 8 heteroatoms. The summed E-state index contributed by atoms with van der Waals surface area (Å²) in [6.07, 6.45) is 3.89. The summed E-state index contributed by atoms with van der Waals surface area (Å²) in [6, 6.07) is 0.143. The van der Waals surface area contributed by atoms with Gasteiger partial charge in [-0.1, -0.05) is 27.7 Å². The quantitative estimate of drug-likeness (QED) is 0.387. The van der Waals surface area contributed by atoms with Crippen molar-refractivity contribution in [2.24, 2.45) is 17.8 Å². The molecule has 0 heterocycles. The Morgan fingerprint density at radius 3 is 2.10 bits per heavy atom. The van der Waals surface area contributed by atoms with Gasteiger partial charge in [-0.05, 0) is 25.7 Å². The zero-order chi connectivity index (χ0) is 22.5. The molecule has 3 N–H and O–H groups in total. The molecule has 1 aliphatic carbocycles. The minimum atomic E-state index is -0.146. The minimum absolute atomic E-state index is 0. The molecule has 1 saturated carbocycles. The largest absolute Gasteiger partial charge is 0.379 e. The van der Waals surface area contributed by atoms with Crippen LogP contribution in [0.2, 0.25) is 0 Å². The molecule has 1 rings (SSSR count). The number of amides is 3. The third-order valence-corrected chi connectivity index (χ3v) is 5.28. The Morgan fingerprint density at radius 1 is 0.833 bits per heavy atom. The molecule has 1 aliphatic rings. The van der Waals surface area contributed by atoms with Crippen molar-refractivity contribution in [1.29, 1.82) is 0 Å². The first-order valence-corrected chi connectivity index (χ1v) is 11.2. The third kappa shape index (κ3) is 10.7. The smallest absolute Gasteiger partial charge is 0.222 e. The summed E-state index contributed by atoms with van der Waals surface area (Å²) in [6.45, 7) is 8.79. The van der Waals surface area contributed by atoms with Gasteiger partial charge in [0, 0.05) is 54.0 Å². The molecular weight excluding hydrogens is 386 g/mol. The first kappa shape index (κ1) is 26.1. The van der Waals surface area contributed by atoms with Crippen molar-refractivity contribution in [3.05, 3.63) is 0 Å². The fourth-order valence-corrected chi connectivity index (χ4v) is 3.41. The van der Waals surface area contributed by atoms with E-state index < -0.39 is 0 Å². The van der Waals surface area contributed by atoms with Crippen LogP contribution in [-0.2, 0) is 23.9 Å². The van der Waals surface area contributed by atoms with Crippen LogP contribution in [0.4, 0.5) is 0 Å². The SMILES string of the molecule is CC(C)C(=O)NCCC(=O)NCCOCCC(=O)NC1CCC(C(=O)C(C)C)CC1.[HH].[HH].[HH]. The van der Waals surface area contributed by atoms with Gasteiger partial charge in [-0.15, -0.1) is 0 Å². The lowest BCUT2D eigenvalue weighted by Gasteiger charge is -2.29. The monoisotopic (exact) mass is 431 g/mol. The van der Waals surface area contributed by atoms with Crippen molar-refractivity contribution >= 4 is 23.5 Å². The van der Waals surface area contributed by atoms with Crippen molar-refractivity contribution in [2.45, 2.75) is 72.3 Å². The van der Waals surface area contributed by atoms with Crippen LogP contribution in [0.1, 0.15) is 70.5 Å². The molecule has 3 amide bonds. The molecule has 1 fully saturated rings. The molecule has 0 aromatic rings. The van der Waals surface area contributed by atoms with E-state index in [-0.39, 0.29) is 58.6 Å². The number of rotatable bonds is 13. The van der Waals surface area contributed by atoms with E-state index in [9.17, 15) is 19.2 Å². The molecule has 8 nitrogen and oxygen atoms in total. The lowest BCUT2D eigenvalue weighted by atomic mass is 9.80. The first-order chi connectivity index (χ1) is 14.2. The fraction of sp³-hybridized carbons (Fsp3) is 0.818. The molecule has 0 atom stereocenters. The number of carbonyl (C=O) groups is 4. The number of ether oxygens (including phenoxy) is 1. The lowest BCUT2D eigenvalue weighted by Crippen LogP contribution is -2.39. The number of nitrogens with one attached hydrogen (secondary N) is 3. The Bertz CT molecular complexity index is 584. The zero-order valence-corrected chi connectivity index (χ0v) is 18.9. The second-order valence-electron chi connectivity index (χ2n) is 8.58. The van der Waals surface area contributed by atoms with E-state index in [1.54, 1.807) is 13.8 Å². The van der Waals surface area contributed by atoms with Crippen LogP contribution in [0.15, 0.2) is 0 Å². The van der Waals surface area contributed by atoms with Crippen LogP contribution in [-0.4, -0.2) is 55.8 Å². The van der Waals surface area contributed by atoms with Gasteiger partial charge in [0.2, 0.25) is 17.7 Å². The van der Waals surface area contributed by atoms with Crippen LogP contribution < -0.4 is 16.0 Å². The number of ketones is 1. The molecule has 0 bridgehead atoms. The molecule has 0 aromatic carbocycles. The Morgan fingerprint density at radius 2 is 1.50 bits per heavy atom. The van der Waals surface area contributed by atoms with Gasteiger partial charge in [0.25, 0.3) is 0 Å². The predicted octanol–water partition coefficient (Wildman–Crippen LogP) is 2.31. The van der Waals surface area contributed by atoms with E-state index in [0.29, 0.717) is 32.1 Å². The summed E-state index contributed by atoms with van der Waals surface area (Å²) in [7, 11) is 0. The molecule has 178 valence electrons. The fourth-order valence-electron chi connectivity index (χ4n) is 3.41.